The molecule has 5 rings (SSSR count). The van der Waals surface area contributed by atoms with Gasteiger partial charge in [0.1, 0.15) is 11.9 Å². The lowest BCUT2D eigenvalue weighted by atomic mass is 9.97. The Bertz CT molecular complexity index is 1580. The number of fused-ring (bicyclic) bond motifs is 2. The summed E-state index contributed by atoms with van der Waals surface area (Å²) in [7, 11) is 5.54. The number of anilines is 3. The number of likely N-dealkylation sites (N-methyl/N-ethyl adjacent to an activating group) is 1. The summed E-state index contributed by atoms with van der Waals surface area (Å²) in [5, 5.41) is 14.4. The van der Waals surface area contributed by atoms with E-state index in [1.807, 2.05) is 45.3 Å². The number of pyridine rings is 1. The predicted octanol–water partition coefficient (Wildman–Crippen LogP) is 3.44. The molecule has 9 heteroatoms. The zero-order valence-corrected chi connectivity index (χ0v) is 23.0. The molecule has 2 aliphatic heterocycles. The number of nitriles is 1. The molecule has 0 unspecified atom stereocenters. The molecule has 3 heterocycles. The lowest BCUT2D eigenvalue weighted by molar-refractivity contribution is 0.162. The summed E-state index contributed by atoms with van der Waals surface area (Å²) in [4.78, 5) is 21.5. The second-order valence-corrected chi connectivity index (χ2v) is 10.2. The number of rotatable bonds is 5. The van der Waals surface area contributed by atoms with Crippen LogP contribution in [0, 0.1) is 18.3 Å². The van der Waals surface area contributed by atoms with Gasteiger partial charge in [-0.25, -0.2) is 0 Å². The fraction of sp³-hybridized carbons (Fsp3) is 0.367. The third kappa shape index (κ3) is 4.84. The third-order valence-corrected chi connectivity index (χ3v) is 7.71. The van der Waals surface area contributed by atoms with Crippen molar-refractivity contribution in [3.05, 3.63) is 63.6 Å². The minimum atomic E-state index is -0.0265. The first-order chi connectivity index (χ1) is 18.9. The lowest BCUT2D eigenvalue weighted by Crippen LogP contribution is -2.37. The van der Waals surface area contributed by atoms with E-state index < -0.39 is 0 Å². The van der Waals surface area contributed by atoms with Gasteiger partial charge >= 0.3 is 0 Å². The van der Waals surface area contributed by atoms with E-state index in [1.165, 1.54) is 6.20 Å². The fourth-order valence-corrected chi connectivity index (χ4v) is 5.59. The second kappa shape index (κ2) is 10.8. The Kier molecular flexibility index (Phi) is 7.31. The van der Waals surface area contributed by atoms with Gasteiger partial charge in [0.2, 0.25) is 0 Å². The molecule has 2 aliphatic rings. The van der Waals surface area contributed by atoms with Crippen molar-refractivity contribution >= 4 is 39.8 Å². The number of nitrogens with zero attached hydrogens (tertiary/aromatic N) is 5. The Morgan fingerprint density at radius 2 is 1.90 bits per heavy atom. The summed E-state index contributed by atoms with van der Waals surface area (Å²) < 4.78 is 8.19. The fourth-order valence-electron chi connectivity index (χ4n) is 5.59. The van der Waals surface area contributed by atoms with Crippen LogP contribution in [0.15, 0.2) is 46.3 Å². The first kappa shape index (κ1) is 26.3. The van der Waals surface area contributed by atoms with Gasteiger partial charge in [-0.2, -0.15) is 5.26 Å². The van der Waals surface area contributed by atoms with Crippen molar-refractivity contribution in [1.29, 1.82) is 5.26 Å². The van der Waals surface area contributed by atoms with Gasteiger partial charge in [-0.05, 0) is 51.1 Å². The topological polar surface area (TPSA) is 112 Å². The summed E-state index contributed by atoms with van der Waals surface area (Å²) >= 11 is 0. The number of allylic oxidation sites excluding steroid dienone is 1. The van der Waals surface area contributed by atoms with Gasteiger partial charge < -0.3 is 30.2 Å². The number of piperidine rings is 1. The van der Waals surface area contributed by atoms with Crippen molar-refractivity contribution < 1.29 is 4.74 Å². The molecule has 3 N–H and O–H groups in total. The molecule has 0 aliphatic carbocycles. The molecule has 0 bridgehead atoms. The molecule has 1 fully saturated rings. The van der Waals surface area contributed by atoms with Crippen molar-refractivity contribution in [3.63, 3.8) is 0 Å². The van der Waals surface area contributed by atoms with Crippen LogP contribution in [-0.2, 0) is 7.05 Å². The molecule has 0 radical (unpaired) electrons. The van der Waals surface area contributed by atoms with Gasteiger partial charge in [0.05, 0.1) is 34.2 Å². The molecule has 2 aromatic carbocycles. The van der Waals surface area contributed by atoms with E-state index in [2.05, 4.69) is 32.2 Å². The predicted molar refractivity (Wildman–Crippen MR) is 158 cm³/mol. The highest BCUT2D eigenvalue weighted by molar-refractivity contribution is 6.11. The molecule has 0 spiro atoms. The zero-order valence-electron chi connectivity index (χ0n) is 23.0. The van der Waals surface area contributed by atoms with Gasteiger partial charge in [0, 0.05) is 80.9 Å². The smallest absolute Gasteiger partial charge is 0.253 e. The summed E-state index contributed by atoms with van der Waals surface area (Å²) in [5.41, 5.74) is 12.2. The number of nitrogens with one attached hydrogen (secondary N) is 1. The second-order valence-electron chi connectivity index (χ2n) is 10.2. The van der Waals surface area contributed by atoms with Crippen molar-refractivity contribution in [2.45, 2.75) is 25.9 Å². The van der Waals surface area contributed by atoms with E-state index in [1.54, 1.807) is 17.8 Å². The number of ether oxygens (including phenoxy) is 1. The molecule has 1 saturated heterocycles. The number of aromatic nitrogens is 1. The number of hydrogen-bond donors (Lipinski definition) is 2. The molecule has 0 saturated carbocycles. The summed E-state index contributed by atoms with van der Waals surface area (Å²) in [6, 6.07) is 12.3. The Morgan fingerprint density at radius 1 is 1.13 bits per heavy atom. The van der Waals surface area contributed by atoms with E-state index >= 15 is 0 Å². The Balaban J connectivity index is 1.72. The summed E-state index contributed by atoms with van der Waals surface area (Å²) in [6.07, 6.45) is 5.14. The van der Waals surface area contributed by atoms with Gasteiger partial charge in [-0.15, -0.1) is 0 Å². The van der Waals surface area contributed by atoms with Crippen LogP contribution in [-0.4, -0.2) is 57.2 Å². The van der Waals surface area contributed by atoms with Gasteiger partial charge in [0.15, 0.2) is 0 Å². The normalized spacial score (nSPS) is 16.5. The van der Waals surface area contributed by atoms with Crippen LogP contribution in [0.2, 0.25) is 0 Å². The number of aliphatic imine (C=N–C) groups is 1. The van der Waals surface area contributed by atoms with E-state index in [9.17, 15) is 10.1 Å². The van der Waals surface area contributed by atoms with Crippen molar-refractivity contribution in [3.8, 4) is 11.8 Å². The molecular weight excluding hydrogens is 490 g/mol. The maximum Gasteiger partial charge on any atom is 0.253 e. The average Bonchev–Trinajstić information content (AvgIpc) is 2.95. The lowest BCUT2D eigenvalue weighted by Gasteiger charge is -2.38. The maximum absolute atomic E-state index is 12.9. The zero-order chi connectivity index (χ0) is 27.7. The first-order valence-corrected chi connectivity index (χ1v) is 13.3. The molecule has 3 aromatic rings. The number of hydrogen-bond acceptors (Lipinski definition) is 8. The Hall–Kier alpha value is -4.29. The highest BCUT2D eigenvalue weighted by Gasteiger charge is 2.27. The van der Waals surface area contributed by atoms with E-state index in [4.69, 9.17) is 10.5 Å². The number of aryl methyl sites for hydroxylation is 2. The van der Waals surface area contributed by atoms with Gasteiger partial charge in [0.25, 0.3) is 5.56 Å². The molecule has 9 nitrogen and oxygen atoms in total. The van der Waals surface area contributed by atoms with Crippen molar-refractivity contribution in [2.75, 3.05) is 50.1 Å². The summed E-state index contributed by atoms with van der Waals surface area (Å²) in [6.45, 7) is 5.18. The molecular formula is C30H35N7O2. The number of benzene rings is 2. The van der Waals surface area contributed by atoms with Gasteiger partial charge in [-0.3, -0.25) is 9.79 Å². The van der Waals surface area contributed by atoms with Gasteiger partial charge in [-0.1, -0.05) is 0 Å². The van der Waals surface area contributed by atoms with Crippen LogP contribution in [0.4, 0.5) is 17.1 Å². The molecule has 202 valence electrons. The first-order valence-electron chi connectivity index (χ1n) is 13.3. The minimum Gasteiger partial charge on any atom is -0.490 e. The molecule has 0 atom stereocenters. The molecule has 0 amide bonds. The average molecular weight is 526 g/mol. The van der Waals surface area contributed by atoms with E-state index in [-0.39, 0.29) is 11.7 Å². The van der Waals surface area contributed by atoms with Crippen molar-refractivity contribution in [2.24, 2.45) is 17.8 Å². The molecule has 39 heavy (non-hydrogen) atoms. The number of nitrogens with two attached hydrogens (primary N) is 1. The van der Waals surface area contributed by atoms with Crippen molar-refractivity contribution in [1.82, 2.24) is 9.88 Å². The highest BCUT2D eigenvalue weighted by Crippen LogP contribution is 2.43. The van der Waals surface area contributed by atoms with Crippen LogP contribution in [0.5, 0.6) is 5.75 Å². The van der Waals surface area contributed by atoms with E-state index in [0.29, 0.717) is 23.2 Å². The summed E-state index contributed by atoms with van der Waals surface area (Å²) in [5.74, 6) is 0.744. The minimum absolute atomic E-state index is 0.0265. The molecule has 1 aromatic heterocycles. The van der Waals surface area contributed by atoms with Crippen LogP contribution in [0.1, 0.15) is 29.5 Å². The quantitative estimate of drug-likeness (QED) is 0.491. The van der Waals surface area contributed by atoms with Crippen LogP contribution < -0.4 is 31.1 Å². The standard InChI is InChI=1S/C30H35N7O2/c1-19-11-25-26(36(4)30(19)38)13-23(39-22-5-7-34-8-6-22)14-27(25)37-10-9-35(3)28-15-24(21(17-32)18-33-2)20(16-31)12-29(28)37/h11-15,17-18,22,34H,5-10,32H2,1-4H3/b21-17+,33-18?. The Morgan fingerprint density at radius 3 is 2.59 bits per heavy atom. The largest absolute Gasteiger partial charge is 0.490 e. The van der Waals surface area contributed by atoms with Crippen LogP contribution in [0.3, 0.4) is 0 Å². The van der Waals surface area contributed by atoms with E-state index in [0.717, 1.165) is 71.8 Å². The Labute approximate surface area is 228 Å². The van der Waals surface area contributed by atoms with Crippen LogP contribution in [0.25, 0.3) is 16.5 Å². The van der Waals surface area contributed by atoms with Crippen LogP contribution >= 0.6 is 0 Å². The SMILES string of the molecule is CN=C/C(=C\N)c1cc2c(cc1C#N)N(c1cc(OC3CCNCC3)cc3c1cc(C)c(=O)n3C)CCN2C. The third-order valence-electron chi connectivity index (χ3n) is 7.71. The highest BCUT2D eigenvalue weighted by atomic mass is 16.5. The monoisotopic (exact) mass is 525 g/mol. The maximum atomic E-state index is 12.9.